The molecule has 0 saturated carbocycles. The van der Waals surface area contributed by atoms with E-state index in [4.69, 9.17) is 14.8 Å². The minimum absolute atomic E-state index is 0.292. The lowest BCUT2D eigenvalue weighted by Crippen LogP contribution is -2.14. The molecule has 0 amide bonds. The van der Waals surface area contributed by atoms with Gasteiger partial charge in [-0.2, -0.15) is 0 Å². The summed E-state index contributed by atoms with van der Waals surface area (Å²) in [6, 6.07) is 3.18. The van der Waals surface area contributed by atoms with E-state index in [0.717, 1.165) is 0 Å². The van der Waals surface area contributed by atoms with Gasteiger partial charge in [0, 0.05) is 0 Å². The van der Waals surface area contributed by atoms with Crippen molar-refractivity contribution in [3.63, 3.8) is 0 Å². The first-order valence-electron chi connectivity index (χ1n) is 4.73. The smallest absolute Gasteiger partial charge is 0.379 e. The number of pyridine rings is 1. The van der Waals surface area contributed by atoms with Crippen LogP contribution < -0.4 is 11.2 Å². The Kier molecular flexibility index (Phi) is 4.27. The highest BCUT2D eigenvalue weighted by atomic mass is 31.2. The molecule has 84 valence electrons. The molecule has 0 aliphatic heterocycles. The van der Waals surface area contributed by atoms with Crippen molar-refractivity contribution in [1.29, 1.82) is 0 Å². The van der Waals surface area contributed by atoms with Gasteiger partial charge in [-0.15, -0.1) is 0 Å². The van der Waals surface area contributed by atoms with Gasteiger partial charge in [0.1, 0.15) is 0 Å². The molecule has 15 heavy (non-hydrogen) atoms. The van der Waals surface area contributed by atoms with Crippen molar-refractivity contribution in [3.05, 3.63) is 18.3 Å². The SMILES string of the molecule is CCOP(=O)(OCC)c1ccc(N)cn1. The molecule has 0 aromatic carbocycles. The fourth-order valence-electron chi connectivity index (χ4n) is 1.07. The van der Waals surface area contributed by atoms with E-state index in [1.807, 2.05) is 0 Å². The summed E-state index contributed by atoms with van der Waals surface area (Å²) in [6.45, 7) is 4.12. The largest absolute Gasteiger partial charge is 0.397 e. The number of nitrogen functional groups attached to an aromatic ring is 1. The van der Waals surface area contributed by atoms with Crippen molar-refractivity contribution in [3.8, 4) is 0 Å². The second-order valence-electron chi connectivity index (χ2n) is 2.78. The number of anilines is 1. The molecule has 0 saturated heterocycles. The van der Waals surface area contributed by atoms with Crippen LogP contribution in [0.4, 0.5) is 5.69 Å². The molecule has 5 nitrogen and oxygen atoms in total. The molecule has 0 spiro atoms. The summed E-state index contributed by atoms with van der Waals surface area (Å²) in [5.74, 6) is 0. The third-order valence-electron chi connectivity index (χ3n) is 1.65. The van der Waals surface area contributed by atoms with Crippen molar-refractivity contribution in [2.45, 2.75) is 13.8 Å². The molecule has 0 radical (unpaired) electrons. The van der Waals surface area contributed by atoms with Gasteiger partial charge in [0.2, 0.25) is 0 Å². The normalized spacial score (nSPS) is 11.6. The second kappa shape index (κ2) is 5.26. The topological polar surface area (TPSA) is 74.4 Å². The van der Waals surface area contributed by atoms with E-state index < -0.39 is 7.60 Å². The highest BCUT2D eigenvalue weighted by Crippen LogP contribution is 2.45. The molecule has 0 unspecified atom stereocenters. The van der Waals surface area contributed by atoms with E-state index in [1.165, 1.54) is 6.20 Å². The van der Waals surface area contributed by atoms with E-state index in [9.17, 15) is 4.57 Å². The van der Waals surface area contributed by atoms with Crippen LogP contribution in [0.25, 0.3) is 0 Å². The van der Waals surface area contributed by atoms with Crippen LogP contribution >= 0.6 is 7.60 Å². The number of aromatic nitrogens is 1. The Bertz CT molecular complexity index is 343. The number of nitrogens with zero attached hydrogens (tertiary/aromatic N) is 1. The minimum atomic E-state index is -3.26. The summed E-state index contributed by atoms with van der Waals surface area (Å²) in [4.78, 5) is 3.95. The van der Waals surface area contributed by atoms with Crippen molar-refractivity contribution in [2.24, 2.45) is 0 Å². The number of hydrogen-bond acceptors (Lipinski definition) is 5. The van der Waals surface area contributed by atoms with Crippen LogP contribution in [-0.4, -0.2) is 18.2 Å². The van der Waals surface area contributed by atoms with E-state index in [2.05, 4.69) is 4.98 Å². The molecule has 0 atom stereocenters. The lowest BCUT2D eigenvalue weighted by atomic mass is 10.4. The minimum Gasteiger partial charge on any atom is -0.397 e. The van der Waals surface area contributed by atoms with Crippen LogP contribution in [0.15, 0.2) is 18.3 Å². The molecule has 1 rings (SSSR count). The Morgan fingerprint density at radius 3 is 2.33 bits per heavy atom. The third kappa shape index (κ3) is 3.02. The number of nitrogens with two attached hydrogens (primary N) is 1. The Morgan fingerprint density at radius 2 is 1.93 bits per heavy atom. The Hall–Kier alpha value is -0.900. The van der Waals surface area contributed by atoms with Gasteiger partial charge in [-0.25, -0.2) is 4.98 Å². The summed E-state index contributed by atoms with van der Waals surface area (Å²) >= 11 is 0. The monoisotopic (exact) mass is 230 g/mol. The van der Waals surface area contributed by atoms with E-state index >= 15 is 0 Å². The van der Waals surface area contributed by atoms with E-state index in [0.29, 0.717) is 24.3 Å². The molecule has 0 aliphatic carbocycles. The van der Waals surface area contributed by atoms with Crippen LogP contribution in [0.2, 0.25) is 0 Å². The molecule has 0 bridgehead atoms. The average Bonchev–Trinajstić information content (AvgIpc) is 2.19. The predicted octanol–water partition coefficient (Wildman–Crippen LogP) is 1.56. The van der Waals surface area contributed by atoms with Crippen LogP contribution in [-0.2, 0) is 13.6 Å². The van der Waals surface area contributed by atoms with Gasteiger partial charge in [-0.1, -0.05) is 0 Å². The summed E-state index contributed by atoms with van der Waals surface area (Å²) in [5, 5.41) is 0. The molecular formula is C9H15N2O3P. The summed E-state index contributed by atoms with van der Waals surface area (Å²) < 4.78 is 22.4. The first-order valence-corrected chi connectivity index (χ1v) is 6.28. The zero-order valence-electron chi connectivity index (χ0n) is 8.84. The van der Waals surface area contributed by atoms with Crippen molar-refractivity contribution < 1.29 is 13.6 Å². The predicted molar refractivity (Wildman–Crippen MR) is 59.1 cm³/mol. The maximum absolute atomic E-state index is 12.2. The third-order valence-corrected chi connectivity index (χ3v) is 3.67. The zero-order chi connectivity index (χ0) is 11.3. The summed E-state index contributed by atoms with van der Waals surface area (Å²) in [5.41, 5.74) is 6.29. The molecule has 1 aromatic rings. The van der Waals surface area contributed by atoms with Gasteiger partial charge < -0.3 is 14.8 Å². The Balaban J connectivity index is 2.98. The number of rotatable bonds is 5. The van der Waals surface area contributed by atoms with E-state index in [-0.39, 0.29) is 0 Å². The summed E-state index contributed by atoms with van der Waals surface area (Å²) in [7, 11) is -3.26. The van der Waals surface area contributed by atoms with Gasteiger partial charge in [0.25, 0.3) is 0 Å². The maximum atomic E-state index is 12.2. The molecular weight excluding hydrogens is 215 g/mol. The van der Waals surface area contributed by atoms with Gasteiger partial charge in [0.05, 0.1) is 25.1 Å². The molecule has 1 heterocycles. The highest BCUT2D eigenvalue weighted by Gasteiger charge is 2.27. The first kappa shape index (κ1) is 12.2. The standard InChI is InChI=1S/C9H15N2O3P/c1-3-13-15(12,14-4-2)9-6-5-8(10)7-11-9/h5-7H,3-4,10H2,1-2H3. The highest BCUT2D eigenvalue weighted by molar-refractivity contribution is 7.61. The van der Waals surface area contributed by atoms with Gasteiger partial charge in [-0.3, -0.25) is 4.57 Å². The van der Waals surface area contributed by atoms with Crippen molar-refractivity contribution >= 4 is 18.7 Å². The van der Waals surface area contributed by atoms with Crippen LogP contribution in [0.1, 0.15) is 13.8 Å². The molecule has 0 aliphatic rings. The van der Waals surface area contributed by atoms with Crippen molar-refractivity contribution in [2.75, 3.05) is 18.9 Å². The van der Waals surface area contributed by atoms with Gasteiger partial charge in [0.15, 0.2) is 5.44 Å². The number of hydrogen-bond donors (Lipinski definition) is 1. The molecule has 2 N–H and O–H groups in total. The lowest BCUT2D eigenvalue weighted by Gasteiger charge is -2.15. The lowest BCUT2D eigenvalue weighted by molar-refractivity contribution is 0.229. The quantitative estimate of drug-likeness (QED) is 0.777. The average molecular weight is 230 g/mol. The van der Waals surface area contributed by atoms with E-state index in [1.54, 1.807) is 26.0 Å². The fourth-order valence-corrected chi connectivity index (χ4v) is 2.54. The first-order chi connectivity index (χ1) is 7.12. The summed E-state index contributed by atoms with van der Waals surface area (Å²) in [6.07, 6.45) is 1.43. The molecule has 1 aromatic heterocycles. The zero-order valence-corrected chi connectivity index (χ0v) is 9.74. The van der Waals surface area contributed by atoms with Gasteiger partial charge in [-0.05, 0) is 26.0 Å². The second-order valence-corrected chi connectivity index (χ2v) is 4.75. The molecule has 0 fully saturated rings. The Morgan fingerprint density at radius 1 is 1.33 bits per heavy atom. The van der Waals surface area contributed by atoms with Gasteiger partial charge >= 0.3 is 7.60 Å². The maximum Gasteiger partial charge on any atom is 0.379 e. The van der Waals surface area contributed by atoms with Crippen LogP contribution in [0, 0.1) is 0 Å². The van der Waals surface area contributed by atoms with Crippen LogP contribution in [0.3, 0.4) is 0 Å². The fraction of sp³-hybridized carbons (Fsp3) is 0.444. The Labute approximate surface area is 89.1 Å². The van der Waals surface area contributed by atoms with Crippen molar-refractivity contribution in [1.82, 2.24) is 4.98 Å². The molecule has 6 heteroatoms. The van der Waals surface area contributed by atoms with Crippen LogP contribution in [0.5, 0.6) is 0 Å².